The largest absolute Gasteiger partial charge is 0.478 e. The fourth-order valence-electron chi connectivity index (χ4n) is 1.16. The number of aromatic nitrogens is 2. The summed E-state index contributed by atoms with van der Waals surface area (Å²) in [5.74, 6) is 1.04. The van der Waals surface area contributed by atoms with Gasteiger partial charge < -0.3 is 10.1 Å². The van der Waals surface area contributed by atoms with Crippen molar-refractivity contribution in [1.82, 2.24) is 9.97 Å². The molecule has 6 nitrogen and oxygen atoms in total. The van der Waals surface area contributed by atoms with Gasteiger partial charge in [0.15, 0.2) is 9.84 Å². The van der Waals surface area contributed by atoms with Gasteiger partial charge in [-0.1, -0.05) is 6.92 Å². The van der Waals surface area contributed by atoms with Crippen molar-refractivity contribution < 1.29 is 13.2 Å². The lowest BCUT2D eigenvalue weighted by Gasteiger charge is -2.23. The lowest BCUT2D eigenvalue weighted by molar-refractivity contribution is 0.305. The molecular weight excluding hydrogens is 266 g/mol. The molecule has 1 rings (SSSR count). The van der Waals surface area contributed by atoms with Crippen molar-refractivity contribution in [2.24, 2.45) is 0 Å². The van der Waals surface area contributed by atoms with E-state index in [-0.39, 0.29) is 6.54 Å². The Morgan fingerprint density at radius 2 is 2.05 bits per heavy atom. The van der Waals surface area contributed by atoms with Gasteiger partial charge in [0.05, 0.1) is 11.4 Å². The molecule has 0 radical (unpaired) electrons. The smallest absolute Gasteiger partial charge is 0.218 e. The van der Waals surface area contributed by atoms with Gasteiger partial charge in [0.1, 0.15) is 12.1 Å². The number of rotatable bonds is 7. The van der Waals surface area contributed by atoms with E-state index in [1.807, 2.05) is 6.92 Å². The van der Waals surface area contributed by atoms with Crippen molar-refractivity contribution in [3.63, 3.8) is 0 Å². The zero-order valence-corrected chi connectivity index (χ0v) is 12.6. The molecule has 19 heavy (non-hydrogen) atoms. The van der Waals surface area contributed by atoms with Crippen LogP contribution in [-0.4, -0.2) is 42.5 Å². The van der Waals surface area contributed by atoms with Gasteiger partial charge >= 0.3 is 0 Å². The molecule has 0 saturated heterocycles. The summed E-state index contributed by atoms with van der Waals surface area (Å²) in [6.07, 6.45) is 3.51. The topological polar surface area (TPSA) is 81.2 Å². The number of anilines is 1. The van der Waals surface area contributed by atoms with Crippen molar-refractivity contribution in [3.05, 3.63) is 12.4 Å². The minimum absolute atomic E-state index is 0.274. The van der Waals surface area contributed by atoms with Crippen LogP contribution >= 0.6 is 0 Å². The summed E-state index contributed by atoms with van der Waals surface area (Å²) in [6, 6.07) is 1.66. The zero-order valence-electron chi connectivity index (χ0n) is 11.8. The second-order valence-corrected chi connectivity index (χ2v) is 7.62. The maximum absolute atomic E-state index is 11.6. The lowest BCUT2D eigenvalue weighted by atomic mass is 10.2. The molecule has 0 fully saturated rings. The van der Waals surface area contributed by atoms with Crippen LogP contribution in [0, 0.1) is 0 Å². The molecule has 0 atom stereocenters. The van der Waals surface area contributed by atoms with Crippen molar-refractivity contribution >= 4 is 15.7 Å². The Kier molecular flexibility index (Phi) is 5.11. The molecule has 0 amide bonds. The minimum atomic E-state index is -3.13. The molecule has 0 spiro atoms. The van der Waals surface area contributed by atoms with Gasteiger partial charge in [0.2, 0.25) is 5.88 Å². The Hall–Kier alpha value is -1.37. The third-order valence-corrected chi connectivity index (χ3v) is 4.95. The number of sulfone groups is 1. The molecule has 1 aromatic heterocycles. The summed E-state index contributed by atoms with van der Waals surface area (Å²) < 4.78 is 27.7. The van der Waals surface area contributed by atoms with Crippen LogP contribution in [0.1, 0.15) is 27.2 Å². The van der Waals surface area contributed by atoms with E-state index in [4.69, 9.17) is 4.74 Å². The van der Waals surface area contributed by atoms with Crippen molar-refractivity contribution in [2.45, 2.75) is 31.9 Å². The predicted molar refractivity (Wildman–Crippen MR) is 75.2 cm³/mol. The maximum Gasteiger partial charge on any atom is 0.218 e. The van der Waals surface area contributed by atoms with E-state index in [0.717, 1.165) is 6.42 Å². The molecule has 7 heteroatoms. The molecular formula is C12H21N3O3S. The molecule has 0 aliphatic carbocycles. The number of nitrogens with zero attached hydrogens (tertiary/aromatic N) is 2. The monoisotopic (exact) mass is 287 g/mol. The first-order valence-electron chi connectivity index (χ1n) is 6.14. The molecule has 0 unspecified atom stereocenters. The van der Waals surface area contributed by atoms with Gasteiger partial charge in [-0.2, -0.15) is 0 Å². The molecule has 0 aliphatic heterocycles. The first-order valence-corrected chi connectivity index (χ1v) is 8.04. The van der Waals surface area contributed by atoms with E-state index >= 15 is 0 Å². The normalized spacial score (nSPS) is 12.2. The number of hydrogen-bond donors (Lipinski definition) is 1. The average molecular weight is 287 g/mol. The Morgan fingerprint density at radius 1 is 1.37 bits per heavy atom. The molecule has 0 aliphatic rings. The fourth-order valence-corrected chi connectivity index (χ4v) is 1.49. The molecule has 1 N–H and O–H groups in total. The fraction of sp³-hybridized carbons (Fsp3) is 0.667. The van der Waals surface area contributed by atoms with E-state index in [1.165, 1.54) is 12.6 Å². The molecule has 0 aromatic carbocycles. The summed E-state index contributed by atoms with van der Waals surface area (Å²) in [5, 5.41) is 3.00. The van der Waals surface area contributed by atoms with E-state index in [2.05, 4.69) is 15.3 Å². The van der Waals surface area contributed by atoms with E-state index in [1.54, 1.807) is 19.9 Å². The molecule has 108 valence electrons. The highest BCUT2D eigenvalue weighted by Gasteiger charge is 2.29. The van der Waals surface area contributed by atoms with Crippen LogP contribution in [-0.2, 0) is 9.84 Å². The van der Waals surface area contributed by atoms with Crippen molar-refractivity contribution in [1.29, 1.82) is 0 Å². The van der Waals surface area contributed by atoms with Crippen LogP contribution in [0.15, 0.2) is 12.4 Å². The van der Waals surface area contributed by atoms with Gasteiger partial charge in [-0.25, -0.2) is 18.4 Å². The average Bonchev–Trinajstić information content (AvgIpc) is 2.33. The van der Waals surface area contributed by atoms with Crippen LogP contribution in [0.3, 0.4) is 0 Å². The van der Waals surface area contributed by atoms with Gasteiger partial charge in [-0.05, 0) is 20.3 Å². The lowest BCUT2D eigenvalue weighted by Crippen LogP contribution is -2.38. The first kappa shape index (κ1) is 15.7. The second-order valence-electron chi connectivity index (χ2n) is 4.98. The van der Waals surface area contributed by atoms with Crippen LogP contribution in [0.5, 0.6) is 5.88 Å². The van der Waals surface area contributed by atoms with E-state index in [0.29, 0.717) is 18.3 Å². The third kappa shape index (κ3) is 4.66. The Balaban J connectivity index is 2.68. The predicted octanol–water partition coefficient (Wildman–Crippen LogP) is 1.50. The van der Waals surface area contributed by atoms with Gasteiger partial charge in [0, 0.05) is 18.9 Å². The number of ether oxygens (including phenoxy) is 1. The Bertz CT molecular complexity index is 515. The quantitative estimate of drug-likeness (QED) is 0.818. The van der Waals surface area contributed by atoms with E-state index < -0.39 is 14.6 Å². The summed E-state index contributed by atoms with van der Waals surface area (Å²) in [6.45, 7) is 6.21. The summed E-state index contributed by atoms with van der Waals surface area (Å²) in [5.41, 5.74) is 0. The highest BCUT2D eigenvalue weighted by atomic mass is 32.2. The first-order chi connectivity index (χ1) is 8.76. The second kappa shape index (κ2) is 6.18. The van der Waals surface area contributed by atoms with Gasteiger partial charge in [-0.15, -0.1) is 0 Å². The Morgan fingerprint density at radius 3 is 2.63 bits per heavy atom. The van der Waals surface area contributed by atoms with Crippen LogP contribution in [0.25, 0.3) is 0 Å². The van der Waals surface area contributed by atoms with Crippen molar-refractivity contribution in [3.8, 4) is 5.88 Å². The van der Waals surface area contributed by atoms with Gasteiger partial charge in [0.25, 0.3) is 0 Å². The SMILES string of the molecule is CCCOc1cc(NCC(C)(C)S(C)(=O)=O)ncn1. The number of hydrogen-bond acceptors (Lipinski definition) is 6. The van der Waals surface area contributed by atoms with Crippen LogP contribution in [0.2, 0.25) is 0 Å². The third-order valence-electron chi connectivity index (χ3n) is 2.80. The van der Waals surface area contributed by atoms with Crippen molar-refractivity contribution in [2.75, 3.05) is 24.7 Å². The molecule has 1 aromatic rings. The van der Waals surface area contributed by atoms with Crippen LogP contribution in [0.4, 0.5) is 5.82 Å². The summed E-state index contributed by atoms with van der Waals surface area (Å²) in [4.78, 5) is 8.01. The summed E-state index contributed by atoms with van der Waals surface area (Å²) >= 11 is 0. The highest BCUT2D eigenvalue weighted by molar-refractivity contribution is 7.92. The minimum Gasteiger partial charge on any atom is -0.478 e. The van der Waals surface area contributed by atoms with Gasteiger partial charge in [-0.3, -0.25) is 0 Å². The van der Waals surface area contributed by atoms with E-state index in [9.17, 15) is 8.42 Å². The maximum atomic E-state index is 11.6. The summed E-state index contributed by atoms with van der Waals surface area (Å²) in [7, 11) is -3.13. The number of nitrogens with one attached hydrogen (secondary N) is 1. The molecule has 0 saturated carbocycles. The Labute approximate surface area is 114 Å². The highest BCUT2D eigenvalue weighted by Crippen LogP contribution is 2.17. The molecule has 1 heterocycles. The standard InChI is InChI=1S/C12H21N3O3S/c1-5-6-18-11-7-10(14-9-15-11)13-8-12(2,3)19(4,16)17/h7,9H,5-6,8H2,1-4H3,(H,13,14,15). The van der Waals surface area contributed by atoms with Crippen LogP contribution < -0.4 is 10.1 Å². The zero-order chi connectivity index (χ0) is 14.5. The molecule has 0 bridgehead atoms.